The molecule has 0 aromatic rings. The Bertz CT molecular complexity index is 204. The number of rotatable bonds is 3. The smallest absolute Gasteiger partial charge is 0.170 e. The van der Waals surface area contributed by atoms with Crippen molar-refractivity contribution in [3.05, 3.63) is 23.8 Å². The number of hydrogen-bond acceptors (Lipinski definition) is 1. The number of hydrogen-bond donors (Lipinski definition) is 0. The summed E-state index contributed by atoms with van der Waals surface area (Å²) in [5.74, 6) is 0.0727. The SMILES string of the molecule is O=C(C=CC1=CCCC1)CCl. The summed E-state index contributed by atoms with van der Waals surface area (Å²) in [6.45, 7) is 0. The molecule has 0 atom stereocenters. The van der Waals surface area contributed by atoms with Crippen LogP contribution in [0.2, 0.25) is 0 Å². The highest BCUT2D eigenvalue weighted by Crippen LogP contribution is 2.18. The van der Waals surface area contributed by atoms with Gasteiger partial charge in [0.05, 0.1) is 5.88 Å². The number of carbonyl (C=O) groups excluding carboxylic acids is 1. The zero-order valence-electron chi connectivity index (χ0n) is 6.35. The highest BCUT2D eigenvalue weighted by Gasteiger charge is 2.00. The van der Waals surface area contributed by atoms with Gasteiger partial charge in [0.1, 0.15) is 0 Å². The van der Waals surface area contributed by atoms with Gasteiger partial charge in [-0.1, -0.05) is 17.7 Å². The second-order valence-corrected chi connectivity index (χ2v) is 2.87. The van der Waals surface area contributed by atoms with Crippen molar-refractivity contribution in [2.45, 2.75) is 19.3 Å². The van der Waals surface area contributed by atoms with E-state index in [2.05, 4.69) is 6.08 Å². The lowest BCUT2D eigenvalue weighted by molar-refractivity contribution is -0.112. The largest absolute Gasteiger partial charge is 0.294 e. The fourth-order valence-corrected chi connectivity index (χ4v) is 1.18. The molecule has 0 radical (unpaired) electrons. The van der Waals surface area contributed by atoms with Gasteiger partial charge in [-0.05, 0) is 25.3 Å². The summed E-state index contributed by atoms with van der Waals surface area (Å²) < 4.78 is 0. The summed E-state index contributed by atoms with van der Waals surface area (Å²) in [6, 6.07) is 0. The van der Waals surface area contributed by atoms with Gasteiger partial charge in [-0.3, -0.25) is 4.79 Å². The Morgan fingerprint density at radius 3 is 3.09 bits per heavy atom. The van der Waals surface area contributed by atoms with E-state index in [0.29, 0.717) is 0 Å². The van der Waals surface area contributed by atoms with Crippen molar-refractivity contribution in [1.29, 1.82) is 0 Å². The third kappa shape index (κ3) is 2.89. The molecule has 0 saturated heterocycles. The average Bonchev–Trinajstić information content (AvgIpc) is 2.52. The van der Waals surface area contributed by atoms with Crippen LogP contribution in [-0.4, -0.2) is 11.7 Å². The minimum Gasteiger partial charge on any atom is -0.294 e. The van der Waals surface area contributed by atoms with Crippen LogP contribution in [0.25, 0.3) is 0 Å². The maximum atomic E-state index is 10.7. The van der Waals surface area contributed by atoms with E-state index in [0.717, 1.165) is 12.8 Å². The molecule has 60 valence electrons. The zero-order chi connectivity index (χ0) is 8.10. The van der Waals surface area contributed by atoms with E-state index in [1.54, 1.807) is 6.08 Å². The van der Waals surface area contributed by atoms with Crippen LogP contribution >= 0.6 is 11.6 Å². The summed E-state index contributed by atoms with van der Waals surface area (Å²) in [6.07, 6.45) is 9.06. The molecule has 1 rings (SSSR count). The standard InChI is InChI=1S/C9H11ClO/c10-7-9(11)6-5-8-3-1-2-4-8/h3,5-6H,1-2,4,7H2. The molecule has 0 amide bonds. The normalized spacial score (nSPS) is 17.4. The molecule has 0 N–H and O–H groups in total. The van der Waals surface area contributed by atoms with Crippen LogP contribution in [0.1, 0.15) is 19.3 Å². The minimum atomic E-state index is -0.0144. The van der Waals surface area contributed by atoms with Gasteiger partial charge < -0.3 is 0 Å². The third-order valence-electron chi connectivity index (χ3n) is 1.69. The molecule has 11 heavy (non-hydrogen) atoms. The lowest BCUT2D eigenvalue weighted by atomic mass is 10.2. The molecule has 0 fully saturated rings. The quantitative estimate of drug-likeness (QED) is 0.470. The first-order chi connectivity index (χ1) is 5.33. The van der Waals surface area contributed by atoms with Crippen molar-refractivity contribution in [3.63, 3.8) is 0 Å². The molecule has 0 heterocycles. The summed E-state index contributed by atoms with van der Waals surface area (Å²) in [5, 5.41) is 0. The first kappa shape index (κ1) is 8.54. The average molecular weight is 171 g/mol. The Morgan fingerprint density at radius 1 is 1.73 bits per heavy atom. The van der Waals surface area contributed by atoms with E-state index < -0.39 is 0 Å². The van der Waals surface area contributed by atoms with Crippen LogP contribution in [0.5, 0.6) is 0 Å². The van der Waals surface area contributed by atoms with E-state index in [4.69, 9.17) is 11.6 Å². The number of alkyl halides is 1. The van der Waals surface area contributed by atoms with Crippen molar-refractivity contribution in [3.8, 4) is 0 Å². The molecule has 0 aromatic carbocycles. The summed E-state index contributed by atoms with van der Waals surface area (Å²) >= 11 is 5.32. The maximum Gasteiger partial charge on any atom is 0.170 e. The van der Waals surface area contributed by atoms with E-state index in [1.165, 1.54) is 12.0 Å². The van der Waals surface area contributed by atoms with Gasteiger partial charge in [-0.2, -0.15) is 0 Å². The Hall–Kier alpha value is -0.560. The summed E-state index contributed by atoms with van der Waals surface area (Å²) in [5.41, 5.74) is 1.27. The number of carbonyl (C=O) groups is 1. The minimum absolute atomic E-state index is 0.0144. The van der Waals surface area contributed by atoms with Gasteiger partial charge in [0.25, 0.3) is 0 Å². The second kappa shape index (κ2) is 4.35. The molecule has 0 unspecified atom stereocenters. The van der Waals surface area contributed by atoms with E-state index in [-0.39, 0.29) is 11.7 Å². The summed E-state index contributed by atoms with van der Waals surface area (Å²) in [7, 11) is 0. The molecule has 0 bridgehead atoms. The highest BCUT2D eigenvalue weighted by atomic mass is 35.5. The van der Waals surface area contributed by atoms with E-state index in [9.17, 15) is 4.79 Å². The molecular formula is C9H11ClO. The molecule has 1 aliphatic rings. The van der Waals surface area contributed by atoms with Crippen LogP contribution in [0, 0.1) is 0 Å². The lowest BCUT2D eigenvalue weighted by Crippen LogP contribution is -1.91. The van der Waals surface area contributed by atoms with Gasteiger partial charge in [-0.15, -0.1) is 11.6 Å². The molecule has 0 aromatic heterocycles. The Balaban J connectivity index is 2.40. The van der Waals surface area contributed by atoms with Crippen LogP contribution < -0.4 is 0 Å². The van der Waals surface area contributed by atoms with Crippen molar-refractivity contribution in [2.24, 2.45) is 0 Å². The van der Waals surface area contributed by atoms with Crippen LogP contribution in [0.3, 0.4) is 0 Å². The molecule has 0 aliphatic heterocycles. The van der Waals surface area contributed by atoms with Crippen molar-refractivity contribution in [2.75, 3.05) is 5.88 Å². The van der Waals surface area contributed by atoms with Gasteiger partial charge in [-0.25, -0.2) is 0 Å². The lowest BCUT2D eigenvalue weighted by Gasteiger charge is -1.88. The molecule has 1 nitrogen and oxygen atoms in total. The van der Waals surface area contributed by atoms with Crippen molar-refractivity contribution in [1.82, 2.24) is 0 Å². The molecule has 2 heteroatoms. The Morgan fingerprint density at radius 2 is 2.55 bits per heavy atom. The topological polar surface area (TPSA) is 17.1 Å². The van der Waals surface area contributed by atoms with Gasteiger partial charge in [0.2, 0.25) is 0 Å². The van der Waals surface area contributed by atoms with Crippen molar-refractivity contribution >= 4 is 17.4 Å². The zero-order valence-corrected chi connectivity index (χ0v) is 7.10. The highest BCUT2D eigenvalue weighted by molar-refractivity contribution is 6.29. The summed E-state index contributed by atoms with van der Waals surface area (Å²) in [4.78, 5) is 10.7. The number of halogens is 1. The predicted molar refractivity (Wildman–Crippen MR) is 46.8 cm³/mol. The van der Waals surface area contributed by atoms with E-state index >= 15 is 0 Å². The first-order valence-corrected chi connectivity index (χ1v) is 4.32. The second-order valence-electron chi connectivity index (χ2n) is 2.60. The van der Waals surface area contributed by atoms with Crippen LogP contribution in [0.4, 0.5) is 0 Å². The number of ketones is 1. The third-order valence-corrected chi connectivity index (χ3v) is 1.95. The fraction of sp³-hybridized carbons (Fsp3) is 0.444. The predicted octanol–water partition coefficient (Wildman–Crippen LogP) is 2.46. The Labute approximate surface area is 71.7 Å². The Kier molecular flexibility index (Phi) is 3.37. The number of allylic oxidation sites excluding steroid dienone is 4. The van der Waals surface area contributed by atoms with E-state index in [1.807, 2.05) is 6.08 Å². The molecule has 0 saturated carbocycles. The van der Waals surface area contributed by atoms with Gasteiger partial charge in [0, 0.05) is 0 Å². The molecular weight excluding hydrogens is 160 g/mol. The fourth-order valence-electron chi connectivity index (χ4n) is 1.09. The van der Waals surface area contributed by atoms with Crippen molar-refractivity contribution < 1.29 is 4.79 Å². The van der Waals surface area contributed by atoms with Gasteiger partial charge in [0.15, 0.2) is 5.78 Å². The molecule has 1 aliphatic carbocycles. The van der Waals surface area contributed by atoms with Gasteiger partial charge >= 0.3 is 0 Å². The monoisotopic (exact) mass is 170 g/mol. The maximum absolute atomic E-state index is 10.7. The van der Waals surface area contributed by atoms with Crippen LogP contribution in [-0.2, 0) is 4.79 Å². The molecule has 0 spiro atoms. The van der Waals surface area contributed by atoms with Crippen LogP contribution in [0.15, 0.2) is 23.8 Å². The first-order valence-electron chi connectivity index (χ1n) is 3.79.